The van der Waals surface area contributed by atoms with E-state index in [-0.39, 0.29) is 21.5 Å². The number of alkyl halides is 3. The van der Waals surface area contributed by atoms with Crippen molar-refractivity contribution in [2.45, 2.75) is 6.18 Å². The van der Waals surface area contributed by atoms with Gasteiger partial charge in [0.25, 0.3) is 0 Å². The van der Waals surface area contributed by atoms with Crippen molar-refractivity contribution in [3.63, 3.8) is 0 Å². The van der Waals surface area contributed by atoms with Gasteiger partial charge in [0.15, 0.2) is 10.8 Å². The molecule has 2 rings (SSSR count). The Balaban J connectivity index is 2.36. The lowest BCUT2D eigenvalue weighted by atomic mass is 10.1. The number of esters is 1. The topological polar surface area (TPSA) is 51.2 Å². The summed E-state index contributed by atoms with van der Waals surface area (Å²) in [6.07, 6.45) is -4.56. The molecule has 0 saturated heterocycles. The largest absolute Gasteiger partial charge is 0.464 e. The van der Waals surface area contributed by atoms with Crippen LogP contribution in [0.5, 0.6) is 0 Å². The molecule has 0 unspecified atom stereocenters. The highest BCUT2D eigenvalue weighted by Crippen LogP contribution is 2.40. The van der Waals surface area contributed by atoms with Gasteiger partial charge in [0, 0.05) is 5.38 Å². The van der Waals surface area contributed by atoms with E-state index >= 15 is 0 Å². The van der Waals surface area contributed by atoms with Crippen LogP contribution in [0.25, 0.3) is 0 Å². The summed E-state index contributed by atoms with van der Waals surface area (Å²) in [5.41, 5.74) is -1.21. The SMILES string of the molecule is COC(=O)c1csc(Nc2c(Cl)cccc2C(F)(F)F)n1. The minimum absolute atomic E-state index is 0.00520. The lowest BCUT2D eigenvalue weighted by Crippen LogP contribution is -2.09. The number of nitrogens with one attached hydrogen (secondary N) is 1. The Bertz CT molecular complexity index is 673. The first-order chi connectivity index (χ1) is 9.82. The number of carbonyl (C=O) groups is 1. The van der Waals surface area contributed by atoms with Gasteiger partial charge < -0.3 is 10.1 Å². The highest BCUT2D eigenvalue weighted by atomic mass is 35.5. The molecular formula is C12H8ClF3N2O2S. The second-order valence-electron chi connectivity index (χ2n) is 3.81. The third kappa shape index (κ3) is 3.45. The molecular weight excluding hydrogens is 329 g/mol. The molecule has 4 nitrogen and oxygen atoms in total. The average Bonchev–Trinajstić information content (AvgIpc) is 2.87. The maximum Gasteiger partial charge on any atom is 0.418 e. The van der Waals surface area contributed by atoms with Crippen LogP contribution < -0.4 is 5.32 Å². The predicted molar refractivity (Wildman–Crippen MR) is 73.2 cm³/mol. The van der Waals surface area contributed by atoms with Gasteiger partial charge in [-0.15, -0.1) is 11.3 Å². The Kier molecular flexibility index (Phi) is 4.38. The second kappa shape index (κ2) is 5.90. The Morgan fingerprint density at radius 2 is 2.14 bits per heavy atom. The number of para-hydroxylation sites is 1. The molecule has 0 radical (unpaired) electrons. The van der Waals surface area contributed by atoms with Crippen molar-refractivity contribution in [3.8, 4) is 0 Å². The van der Waals surface area contributed by atoms with Gasteiger partial charge in [0.05, 0.1) is 23.4 Å². The van der Waals surface area contributed by atoms with E-state index in [0.29, 0.717) is 0 Å². The van der Waals surface area contributed by atoms with E-state index in [1.807, 2.05) is 0 Å². The van der Waals surface area contributed by atoms with Gasteiger partial charge in [-0.25, -0.2) is 9.78 Å². The number of thiazole rings is 1. The smallest absolute Gasteiger partial charge is 0.418 e. The van der Waals surface area contributed by atoms with Crippen LogP contribution in [-0.4, -0.2) is 18.1 Å². The van der Waals surface area contributed by atoms with Crippen LogP contribution in [0.2, 0.25) is 5.02 Å². The van der Waals surface area contributed by atoms with Gasteiger partial charge in [-0.05, 0) is 12.1 Å². The lowest BCUT2D eigenvalue weighted by molar-refractivity contribution is -0.136. The fourth-order valence-electron chi connectivity index (χ4n) is 1.52. The summed E-state index contributed by atoms with van der Waals surface area (Å²) in [5, 5.41) is 3.88. The summed E-state index contributed by atoms with van der Waals surface area (Å²) >= 11 is 6.77. The highest BCUT2D eigenvalue weighted by molar-refractivity contribution is 7.14. The van der Waals surface area contributed by atoms with E-state index in [1.54, 1.807) is 0 Å². The van der Waals surface area contributed by atoms with Gasteiger partial charge >= 0.3 is 12.1 Å². The number of anilines is 2. The number of carbonyl (C=O) groups excluding carboxylic acids is 1. The van der Waals surface area contributed by atoms with E-state index in [0.717, 1.165) is 17.4 Å². The van der Waals surface area contributed by atoms with Crippen molar-refractivity contribution < 1.29 is 22.7 Å². The number of hydrogen-bond acceptors (Lipinski definition) is 5. The summed E-state index contributed by atoms with van der Waals surface area (Å²) in [5.74, 6) is -0.672. The van der Waals surface area contributed by atoms with E-state index in [9.17, 15) is 18.0 Å². The van der Waals surface area contributed by atoms with Crippen LogP contribution in [0.4, 0.5) is 24.0 Å². The number of halogens is 4. The number of rotatable bonds is 3. The van der Waals surface area contributed by atoms with Crippen molar-refractivity contribution >= 4 is 39.7 Å². The third-order valence-electron chi connectivity index (χ3n) is 2.45. The zero-order valence-electron chi connectivity index (χ0n) is 10.5. The Hall–Kier alpha value is -1.80. The minimum Gasteiger partial charge on any atom is -0.464 e. The molecule has 1 aromatic carbocycles. The molecule has 0 spiro atoms. The van der Waals surface area contributed by atoms with Gasteiger partial charge in [-0.1, -0.05) is 17.7 Å². The molecule has 0 atom stereocenters. The molecule has 9 heteroatoms. The molecule has 0 aliphatic heterocycles. The first-order valence-electron chi connectivity index (χ1n) is 5.49. The number of methoxy groups -OCH3 is 1. The number of ether oxygens (including phenoxy) is 1. The normalized spacial score (nSPS) is 11.3. The third-order valence-corrected chi connectivity index (χ3v) is 3.52. The first kappa shape index (κ1) is 15.6. The molecule has 0 amide bonds. The number of nitrogens with zero attached hydrogens (tertiary/aromatic N) is 1. The van der Waals surface area contributed by atoms with Crippen molar-refractivity contribution in [3.05, 3.63) is 39.9 Å². The quantitative estimate of drug-likeness (QED) is 0.847. The fourth-order valence-corrected chi connectivity index (χ4v) is 2.43. The molecule has 0 fully saturated rings. The highest BCUT2D eigenvalue weighted by Gasteiger charge is 2.34. The van der Waals surface area contributed by atoms with E-state index in [2.05, 4.69) is 15.0 Å². The number of aromatic nitrogens is 1. The Labute approximate surface area is 126 Å². The van der Waals surface area contributed by atoms with Crippen LogP contribution in [-0.2, 0) is 10.9 Å². The van der Waals surface area contributed by atoms with Crippen molar-refractivity contribution in [2.24, 2.45) is 0 Å². The summed E-state index contributed by atoms with van der Waals surface area (Å²) < 4.78 is 43.3. The minimum atomic E-state index is -4.56. The molecule has 1 N–H and O–H groups in total. The molecule has 1 aromatic heterocycles. The van der Waals surface area contributed by atoms with E-state index in [1.165, 1.54) is 24.6 Å². The maximum atomic E-state index is 12.9. The first-order valence-corrected chi connectivity index (χ1v) is 6.75. The molecule has 0 bridgehead atoms. The Morgan fingerprint density at radius 1 is 1.43 bits per heavy atom. The maximum absolute atomic E-state index is 12.9. The summed E-state index contributed by atoms with van der Waals surface area (Å²) in [6.45, 7) is 0. The molecule has 0 saturated carbocycles. The van der Waals surface area contributed by atoms with Gasteiger partial charge in [0.2, 0.25) is 0 Å². The molecule has 0 aliphatic rings. The summed E-state index contributed by atoms with van der Waals surface area (Å²) in [6, 6.07) is 3.44. The Morgan fingerprint density at radius 3 is 2.76 bits per heavy atom. The summed E-state index contributed by atoms with van der Waals surface area (Å²) in [7, 11) is 1.19. The average molecular weight is 337 g/mol. The molecule has 112 valence electrons. The number of benzene rings is 1. The molecule has 21 heavy (non-hydrogen) atoms. The van der Waals surface area contributed by atoms with Crippen LogP contribution in [0, 0.1) is 0 Å². The van der Waals surface area contributed by atoms with Crippen molar-refractivity contribution in [1.29, 1.82) is 0 Å². The van der Waals surface area contributed by atoms with Crippen molar-refractivity contribution in [1.82, 2.24) is 4.98 Å². The zero-order chi connectivity index (χ0) is 15.6. The van der Waals surface area contributed by atoms with Crippen molar-refractivity contribution in [2.75, 3.05) is 12.4 Å². The van der Waals surface area contributed by atoms with Crippen LogP contribution in [0.1, 0.15) is 16.1 Å². The fraction of sp³-hybridized carbons (Fsp3) is 0.167. The van der Waals surface area contributed by atoms with Crippen LogP contribution >= 0.6 is 22.9 Å². The molecule has 1 heterocycles. The monoisotopic (exact) mass is 336 g/mol. The lowest BCUT2D eigenvalue weighted by Gasteiger charge is -2.14. The van der Waals surface area contributed by atoms with Gasteiger partial charge in [0.1, 0.15) is 0 Å². The molecule has 2 aromatic rings. The van der Waals surface area contributed by atoms with Crippen LogP contribution in [0.15, 0.2) is 23.6 Å². The van der Waals surface area contributed by atoms with Gasteiger partial charge in [-0.2, -0.15) is 13.2 Å². The van der Waals surface area contributed by atoms with Gasteiger partial charge in [-0.3, -0.25) is 0 Å². The standard InChI is InChI=1S/C12H8ClF3N2O2S/c1-20-10(19)8-5-21-11(17-8)18-9-6(12(14,15)16)3-2-4-7(9)13/h2-5H,1H3,(H,17,18). The number of hydrogen-bond donors (Lipinski definition) is 1. The molecule has 0 aliphatic carbocycles. The van der Waals surface area contributed by atoms with Crippen LogP contribution in [0.3, 0.4) is 0 Å². The van der Waals surface area contributed by atoms with E-state index in [4.69, 9.17) is 11.6 Å². The predicted octanol–water partition coefficient (Wildman–Crippen LogP) is 4.35. The zero-order valence-corrected chi connectivity index (χ0v) is 12.1. The van der Waals surface area contributed by atoms with E-state index < -0.39 is 17.7 Å². The summed E-state index contributed by atoms with van der Waals surface area (Å²) in [4.78, 5) is 15.1. The second-order valence-corrected chi connectivity index (χ2v) is 5.08.